The van der Waals surface area contributed by atoms with Gasteiger partial charge in [0.15, 0.2) is 0 Å². The molecular formula is C22H29Cl3FNS. The summed E-state index contributed by atoms with van der Waals surface area (Å²) in [5, 5.41) is 1.72. The van der Waals surface area contributed by atoms with E-state index in [1.807, 2.05) is 40.0 Å². The van der Waals surface area contributed by atoms with E-state index in [-0.39, 0.29) is 11.2 Å². The number of hydrogen-bond acceptors (Lipinski definition) is 2. The highest BCUT2D eigenvalue weighted by Crippen LogP contribution is 2.47. The van der Waals surface area contributed by atoms with Crippen molar-refractivity contribution in [3.8, 4) is 0 Å². The summed E-state index contributed by atoms with van der Waals surface area (Å²) in [6.07, 6.45) is 1.83. The molecule has 0 radical (unpaired) electrons. The van der Waals surface area contributed by atoms with Crippen LogP contribution in [0.2, 0.25) is 15.1 Å². The van der Waals surface area contributed by atoms with Crippen molar-refractivity contribution < 1.29 is 4.39 Å². The molecule has 0 unspecified atom stereocenters. The standard InChI is InChI=1S/C18H17Cl3FNS.2C2H6/c1-18(2)9-23(14-5-4-11(19)17(21)16(14)18)8-10-6-13(22)15(24-3)7-12(10)20;2*1-2/h4-7H,8-9H2,1-3H3;2*1-2H3. The molecule has 6 heteroatoms. The normalized spacial score (nSPS) is 13.9. The number of benzene rings is 2. The summed E-state index contributed by atoms with van der Waals surface area (Å²) in [5.74, 6) is -0.241. The third kappa shape index (κ3) is 5.30. The smallest absolute Gasteiger partial charge is 0.137 e. The van der Waals surface area contributed by atoms with Gasteiger partial charge in [0.2, 0.25) is 0 Å². The molecule has 156 valence electrons. The van der Waals surface area contributed by atoms with Gasteiger partial charge in [-0.15, -0.1) is 11.8 Å². The van der Waals surface area contributed by atoms with Crippen LogP contribution in [0.5, 0.6) is 0 Å². The minimum absolute atomic E-state index is 0.137. The summed E-state index contributed by atoms with van der Waals surface area (Å²) in [7, 11) is 0. The molecule has 2 aromatic carbocycles. The van der Waals surface area contributed by atoms with Crippen LogP contribution in [0.4, 0.5) is 10.1 Å². The maximum atomic E-state index is 14.1. The van der Waals surface area contributed by atoms with Crippen LogP contribution in [0, 0.1) is 5.82 Å². The topological polar surface area (TPSA) is 3.24 Å². The zero-order chi connectivity index (χ0) is 21.6. The van der Waals surface area contributed by atoms with Crippen LogP contribution in [0.25, 0.3) is 0 Å². The minimum atomic E-state index is -0.241. The number of anilines is 1. The molecule has 1 heterocycles. The van der Waals surface area contributed by atoms with E-state index in [0.29, 0.717) is 26.5 Å². The quantitative estimate of drug-likeness (QED) is 0.417. The second-order valence-corrected chi connectivity index (χ2v) is 8.61. The van der Waals surface area contributed by atoms with Crippen molar-refractivity contribution in [2.45, 2.75) is 58.4 Å². The van der Waals surface area contributed by atoms with E-state index in [0.717, 1.165) is 23.4 Å². The van der Waals surface area contributed by atoms with Crippen LogP contribution in [0.1, 0.15) is 52.7 Å². The zero-order valence-corrected chi connectivity index (χ0v) is 20.7. The fraction of sp³-hybridized carbons (Fsp3) is 0.455. The Morgan fingerprint density at radius 1 is 1.04 bits per heavy atom. The molecular weight excluding hydrogens is 436 g/mol. The Kier molecular flexibility index (Phi) is 9.96. The van der Waals surface area contributed by atoms with Crippen LogP contribution in [-0.4, -0.2) is 12.8 Å². The predicted octanol–water partition coefficient (Wildman–Crippen LogP) is 8.86. The number of rotatable bonds is 3. The van der Waals surface area contributed by atoms with Gasteiger partial charge >= 0.3 is 0 Å². The molecule has 0 amide bonds. The first kappa shape index (κ1) is 25.4. The first-order chi connectivity index (χ1) is 13.2. The third-order valence-corrected chi connectivity index (χ3v) is 6.27. The second-order valence-electron chi connectivity index (χ2n) is 6.57. The van der Waals surface area contributed by atoms with E-state index in [9.17, 15) is 4.39 Å². The van der Waals surface area contributed by atoms with Crippen molar-refractivity contribution in [3.63, 3.8) is 0 Å². The maximum absolute atomic E-state index is 14.1. The first-order valence-electron chi connectivity index (χ1n) is 9.50. The van der Waals surface area contributed by atoms with Gasteiger partial charge in [-0.1, -0.05) is 76.3 Å². The lowest BCUT2D eigenvalue weighted by molar-refractivity contribution is 0.549. The van der Waals surface area contributed by atoms with Gasteiger partial charge in [-0.2, -0.15) is 0 Å². The summed E-state index contributed by atoms with van der Waals surface area (Å²) in [5.41, 5.74) is 2.69. The molecule has 1 nitrogen and oxygen atoms in total. The van der Waals surface area contributed by atoms with Gasteiger partial charge in [0.1, 0.15) is 5.82 Å². The summed E-state index contributed by atoms with van der Waals surface area (Å²) in [6, 6.07) is 6.99. The highest BCUT2D eigenvalue weighted by Gasteiger charge is 2.37. The minimum Gasteiger partial charge on any atom is -0.366 e. The number of halogens is 4. The number of nitrogens with zero attached hydrogens (tertiary/aromatic N) is 1. The Bertz CT molecular complexity index is 809. The lowest BCUT2D eigenvalue weighted by Crippen LogP contribution is -2.28. The summed E-state index contributed by atoms with van der Waals surface area (Å²) >= 11 is 20.3. The number of hydrogen-bond donors (Lipinski definition) is 0. The van der Waals surface area contributed by atoms with Gasteiger partial charge in [0.25, 0.3) is 0 Å². The molecule has 0 saturated heterocycles. The van der Waals surface area contributed by atoms with Crippen molar-refractivity contribution in [1.29, 1.82) is 0 Å². The monoisotopic (exact) mass is 463 g/mol. The zero-order valence-electron chi connectivity index (χ0n) is 17.6. The number of fused-ring (bicyclic) bond motifs is 1. The molecule has 0 bridgehead atoms. The van der Waals surface area contributed by atoms with E-state index in [4.69, 9.17) is 34.8 Å². The molecule has 1 aliphatic heterocycles. The molecule has 28 heavy (non-hydrogen) atoms. The maximum Gasteiger partial charge on any atom is 0.137 e. The summed E-state index contributed by atoms with van der Waals surface area (Å²) < 4.78 is 14.1. The lowest BCUT2D eigenvalue weighted by atomic mass is 9.87. The van der Waals surface area contributed by atoms with Crippen molar-refractivity contribution in [3.05, 3.63) is 56.3 Å². The molecule has 3 rings (SSSR count). The Morgan fingerprint density at radius 2 is 1.64 bits per heavy atom. The molecule has 0 atom stereocenters. The largest absolute Gasteiger partial charge is 0.366 e. The van der Waals surface area contributed by atoms with E-state index in [1.54, 1.807) is 12.1 Å². The van der Waals surface area contributed by atoms with E-state index in [2.05, 4.69) is 18.7 Å². The highest BCUT2D eigenvalue weighted by atomic mass is 35.5. The second kappa shape index (κ2) is 11.0. The Labute approximate surface area is 188 Å². The molecule has 0 saturated carbocycles. The van der Waals surface area contributed by atoms with Gasteiger partial charge in [-0.25, -0.2) is 4.39 Å². The predicted molar refractivity (Wildman–Crippen MR) is 126 cm³/mol. The van der Waals surface area contributed by atoms with Crippen LogP contribution in [-0.2, 0) is 12.0 Å². The third-order valence-electron chi connectivity index (χ3n) is 4.36. The molecule has 0 aliphatic carbocycles. The van der Waals surface area contributed by atoms with Crippen LogP contribution < -0.4 is 4.90 Å². The van der Waals surface area contributed by atoms with Crippen molar-refractivity contribution >= 4 is 52.3 Å². The molecule has 1 aliphatic rings. The van der Waals surface area contributed by atoms with Crippen LogP contribution in [0.15, 0.2) is 29.2 Å². The van der Waals surface area contributed by atoms with Crippen molar-refractivity contribution in [2.24, 2.45) is 0 Å². The average Bonchev–Trinajstić information content (AvgIpc) is 2.94. The summed E-state index contributed by atoms with van der Waals surface area (Å²) in [6.45, 7) is 13.6. The van der Waals surface area contributed by atoms with Crippen molar-refractivity contribution in [1.82, 2.24) is 0 Å². The molecule has 2 aromatic rings. The Balaban J connectivity index is 0.000000921. The molecule has 0 aromatic heterocycles. The van der Waals surface area contributed by atoms with E-state index < -0.39 is 0 Å². The Hall–Kier alpha value is -0.610. The fourth-order valence-corrected chi connectivity index (χ4v) is 4.63. The van der Waals surface area contributed by atoms with Crippen LogP contribution in [0.3, 0.4) is 0 Å². The molecule has 0 N–H and O–H groups in total. The van der Waals surface area contributed by atoms with Gasteiger partial charge in [-0.05, 0) is 36.1 Å². The van der Waals surface area contributed by atoms with Crippen molar-refractivity contribution in [2.75, 3.05) is 17.7 Å². The SMILES string of the molecule is CC.CC.CSc1cc(Cl)c(CN2CC(C)(C)c3c2ccc(Cl)c3Cl)cc1F. The van der Waals surface area contributed by atoms with E-state index in [1.165, 1.54) is 17.8 Å². The van der Waals surface area contributed by atoms with Gasteiger partial charge in [0.05, 0.1) is 10.0 Å². The average molecular weight is 465 g/mol. The highest BCUT2D eigenvalue weighted by molar-refractivity contribution is 7.98. The van der Waals surface area contributed by atoms with Gasteiger partial charge in [-0.3, -0.25) is 0 Å². The van der Waals surface area contributed by atoms with Gasteiger partial charge in [0, 0.05) is 39.7 Å². The summed E-state index contributed by atoms with van der Waals surface area (Å²) in [4.78, 5) is 2.73. The Morgan fingerprint density at radius 3 is 2.21 bits per heavy atom. The number of thioether (sulfide) groups is 1. The lowest BCUT2D eigenvalue weighted by Gasteiger charge is -2.23. The van der Waals surface area contributed by atoms with Crippen LogP contribution >= 0.6 is 46.6 Å². The van der Waals surface area contributed by atoms with Gasteiger partial charge < -0.3 is 4.90 Å². The first-order valence-corrected chi connectivity index (χ1v) is 11.9. The van der Waals surface area contributed by atoms with E-state index >= 15 is 0 Å². The molecule has 0 fully saturated rings. The fourth-order valence-electron chi connectivity index (χ4n) is 3.28. The molecule has 0 spiro atoms.